The summed E-state index contributed by atoms with van der Waals surface area (Å²) in [6.07, 6.45) is -4.86. The Kier molecular flexibility index (Phi) is 13.9. The molecule has 0 saturated carbocycles. The zero-order valence-electron chi connectivity index (χ0n) is 33.3. The molecule has 0 atom stereocenters. The van der Waals surface area contributed by atoms with Crippen LogP contribution in [0, 0.1) is 0 Å². The fourth-order valence-corrected chi connectivity index (χ4v) is 7.14. The van der Waals surface area contributed by atoms with Gasteiger partial charge in [0.05, 0.1) is 37.3 Å². The number of benzene rings is 5. The summed E-state index contributed by atoms with van der Waals surface area (Å²) in [7, 11) is -8.88. The minimum atomic E-state index is -5.29. The maximum absolute atomic E-state index is 13.5. The molecule has 1 heterocycles. The van der Waals surface area contributed by atoms with Crippen molar-refractivity contribution in [3.05, 3.63) is 90.1 Å². The lowest BCUT2D eigenvalue weighted by atomic mass is 10.1. The van der Waals surface area contributed by atoms with E-state index < -0.39 is 95.3 Å². The standard InChI is InChI=1S/C38H31F3N8O15S2/c1-62-21-7-9-25(30(16-21)65(56,57)58)43-44-26-17-29(64-13-11-51)27(18-28(26)63-12-10-50)45-46-32-31(66(59,60)61)15-19-14-20(6-8-22(19)35(32)52)49-36(53)33(34(48-49)37(54)55)47-42-24-5-3-2-4-23(24)38(39,40)41/h2-9,14-18,50-53H,10-13H2,1H3,(H,54,55)(H,56,57,58)(H,59,60,61)/b44-43+,46-45+,47-42+. The molecule has 23 nitrogen and oxygen atoms in total. The number of hydrogen-bond donors (Lipinski definition) is 7. The van der Waals surface area contributed by atoms with Crippen LogP contribution in [0.4, 0.5) is 47.3 Å². The predicted octanol–water partition coefficient (Wildman–Crippen LogP) is 7.64. The second kappa shape index (κ2) is 19.2. The molecule has 0 fully saturated rings. The third kappa shape index (κ3) is 10.5. The monoisotopic (exact) mass is 960 g/mol. The van der Waals surface area contributed by atoms with Crippen LogP contribution in [-0.2, 0) is 26.4 Å². The van der Waals surface area contributed by atoms with E-state index in [4.69, 9.17) is 14.2 Å². The van der Waals surface area contributed by atoms with E-state index in [1.807, 2.05) is 0 Å². The van der Waals surface area contributed by atoms with Gasteiger partial charge in [0.1, 0.15) is 63.0 Å². The summed E-state index contributed by atoms with van der Waals surface area (Å²) in [5.74, 6) is -4.11. The van der Waals surface area contributed by atoms with Crippen LogP contribution in [0.3, 0.4) is 0 Å². The van der Waals surface area contributed by atoms with E-state index in [1.165, 1.54) is 25.3 Å². The number of phenols is 1. The Morgan fingerprint density at radius 2 is 1.29 bits per heavy atom. The molecule has 0 aliphatic heterocycles. The van der Waals surface area contributed by atoms with Crippen LogP contribution in [0.15, 0.2) is 119 Å². The molecule has 0 bridgehead atoms. The highest BCUT2D eigenvalue weighted by molar-refractivity contribution is 7.86. The van der Waals surface area contributed by atoms with E-state index in [9.17, 15) is 69.4 Å². The van der Waals surface area contributed by atoms with Crippen molar-refractivity contribution in [2.75, 3.05) is 33.5 Å². The van der Waals surface area contributed by atoms with Crippen molar-refractivity contribution >= 4 is 71.1 Å². The first-order valence-corrected chi connectivity index (χ1v) is 21.1. The van der Waals surface area contributed by atoms with E-state index in [1.54, 1.807) is 0 Å². The number of methoxy groups -OCH3 is 1. The van der Waals surface area contributed by atoms with Crippen LogP contribution in [0.5, 0.6) is 28.9 Å². The molecule has 1 aromatic heterocycles. The van der Waals surface area contributed by atoms with Crippen molar-refractivity contribution in [1.82, 2.24) is 9.78 Å². The molecular weight excluding hydrogens is 930 g/mol. The van der Waals surface area contributed by atoms with Gasteiger partial charge < -0.3 is 39.7 Å². The molecule has 28 heteroatoms. The van der Waals surface area contributed by atoms with Crippen LogP contribution in [0.1, 0.15) is 16.1 Å². The van der Waals surface area contributed by atoms with Gasteiger partial charge >= 0.3 is 12.1 Å². The number of fused-ring (bicyclic) bond motifs is 1. The number of rotatable bonds is 17. The van der Waals surface area contributed by atoms with Gasteiger partial charge in [-0.15, -0.1) is 30.7 Å². The first kappa shape index (κ1) is 47.8. The van der Waals surface area contributed by atoms with Gasteiger partial charge in [-0.05, 0) is 53.9 Å². The van der Waals surface area contributed by atoms with Gasteiger partial charge in [0.2, 0.25) is 11.6 Å². The number of hydrogen-bond acceptors (Lipinski definition) is 19. The molecular formula is C38H31F3N8O15S2. The van der Waals surface area contributed by atoms with E-state index >= 15 is 0 Å². The van der Waals surface area contributed by atoms with Crippen LogP contribution in [-0.4, -0.2) is 101 Å². The molecule has 7 N–H and O–H groups in total. The number of aromatic nitrogens is 2. The van der Waals surface area contributed by atoms with Gasteiger partial charge in [-0.25, -0.2) is 4.79 Å². The van der Waals surface area contributed by atoms with Crippen LogP contribution < -0.4 is 14.2 Å². The number of ether oxygens (including phenoxy) is 3. The number of aromatic hydroxyl groups is 2. The third-order valence-electron chi connectivity index (χ3n) is 8.77. The second-order valence-electron chi connectivity index (χ2n) is 13.0. The summed E-state index contributed by atoms with van der Waals surface area (Å²) in [5.41, 5.74) is -5.64. The molecule has 0 unspecified atom stereocenters. The zero-order valence-corrected chi connectivity index (χ0v) is 34.9. The van der Waals surface area contributed by atoms with Crippen LogP contribution in [0.2, 0.25) is 0 Å². The summed E-state index contributed by atoms with van der Waals surface area (Å²) >= 11 is 0. The Bertz CT molecular complexity index is 3180. The maximum atomic E-state index is 13.5. The average molecular weight is 961 g/mol. The van der Waals surface area contributed by atoms with Crippen molar-refractivity contribution in [1.29, 1.82) is 0 Å². The number of aromatic carboxylic acids is 1. The molecule has 0 radical (unpaired) electrons. The highest BCUT2D eigenvalue weighted by Crippen LogP contribution is 2.46. The lowest BCUT2D eigenvalue weighted by Gasteiger charge is -2.13. The Morgan fingerprint density at radius 3 is 1.86 bits per heavy atom. The Balaban J connectivity index is 1.44. The summed E-state index contributed by atoms with van der Waals surface area (Å²) < 4.78 is 127. The summed E-state index contributed by atoms with van der Waals surface area (Å²) in [6, 6.07) is 13.8. The molecule has 0 spiro atoms. The van der Waals surface area contributed by atoms with Crippen molar-refractivity contribution in [3.8, 4) is 34.6 Å². The van der Waals surface area contributed by atoms with Crippen LogP contribution in [0.25, 0.3) is 16.5 Å². The SMILES string of the molecule is COc1ccc(/N=N/c2cc(OCCO)c(/N=N/c3c(S(=O)(=O)O)cc4cc(-n5nc(C(=O)O)c(/N=N/c6ccccc6C(F)(F)F)c5O)ccc4c3O)cc2OCCO)c(S(=O)(=O)O)c1. The Hall–Kier alpha value is -7.63. The smallest absolute Gasteiger partial charge is 0.418 e. The molecule has 346 valence electrons. The normalized spacial score (nSPS) is 12.5. The number of halogens is 3. The number of phenolic OH excluding ortho intramolecular Hbond substituents is 1. The number of azo groups is 3. The fraction of sp³-hybridized carbons (Fsp3) is 0.158. The number of carbonyl (C=O) groups is 1. The van der Waals surface area contributed by atoms with E-state index in [0.717, 1.165) is 54.6 Å². The second-order valence-corrected chi connectivity index (χ2v) is 15.8. The molecule has 66 heavy (non-hydrogen) atoms. The Labute approximate surface area is 368 Å². The number of aliphatic hydroxyl groups excluding tert-OH is 2. The molecule has 5 aromatic carbocycles. The lowest BCUT2D eigenvalue weighted by molar-refractivity contribution is -0.137. The molecule has 0 saturated heterocycles. The van der Waals surface area contributed by atoms with E-state index in [2.05, 4.69) is 35.8 Å². The number of alkyl halides is 3. The van der Waals surface area contributed by atoms with Gasteiger partial charge in [0, 0.05) is 23.6 Å². The van der Waals surface area contributed by atoms with Gasteiger partial charge in [-0.1, -0.05) is 12.1 Å². The first-order valence-electron chi connectivity index (χ1n) is 18.2. The molecule has 6 rings (SSSR count). The molecule has 6 aromatic rings. The van der Waals surface area contributed by atoms with Crippen molar-refractivity contribution in [2.45, 2.75) is 16.0 Å². The third-order valence-corrected chi connectivity index (χ3v) is 10.5. The molecule has 0 aliphatic rings. The summed E-state index contributed by atoms with van der Waals surface area (Å²) in [5, 5.41) is 77.3. The van der Waals surface area contributed by atoms with Gasteiger partial charge in [0.15, 0.2) is 11.4 Å². The number of carboxylic acids is 1. The fourth-order valence-electron chi connectivity index (χ4n) is 5.85. The van der Waals surface area contributed by atoms with Gasteiger partial charge in [-0.3, -0.25) is 9.11 Å². The molecule has 0 amide bonds. The topological polar surface area (TPSA) is 347 Å². The molecule has 0 aliphatic carbocycles. The largest absolute Gasteiger partial charge is 0.505 e. The lowest BCUT2D eigenvalue weighted by Crippen LogP contribution is -2.04. The summed E-state index contributed by atoms with van der Waals surface area (Å²) in [4.78, 5) is 10.4. The number of nitrogens with zero attached hydrogens (tertiary/aromatic N) is 8. The highest BCUT2D eigenvalue weighted by atomic mass is 32.2. The van der Waals surface area contributed by atoms with Crippen molar-refractivity contribution in [3.63, 3.8) is 0 Å². The predicted molar refractivity (Wildman–Crippen MR) is 220 cm³/mol. The number of aliphatic hydroxyl groups is 2. The minimum absolute atomic E-state index is 0.0587. The van der Waals surface area contributed by atoms with E-state index in [0.29, 0.717) is 10.7 Å². The highest BCUT2D eigenvalue weighted by Gasteiger charge is 2.34. The summed E-state index contributed by atoms with van der Waals surface area (Å²) in [6.45, 7) is -1.81. The first-order chi connectivity index (χ1) is 31.2. The minimum Gasteiger partial charge on any atom is -0.505 e. The van der Waals surface area contributed by atoms with Gasteiger partial charge in [-0.2, -0.15) is 39.8 Å². The average Bonchev–Trinajstić information content (AvgIpc) is 3.60. The zero-order chi connectivity index (χ0) is 48.1. The Morgan fingerprint density at radius 1 is 0.712 bits per heavy atom. The van der Waals surface area contributed by atoms with Crippen molar-refractivity contribution in [2.24, 2.45) is 30.7 Å². The van der Waals surface area contributed by atoms with Crippen LogP contribution >= 0.6 is 0 Å². The van der Waals surface area contributed by atoms with E-state index in [-0.39, 0.29) is 64.0 Å². The quantitative estimate of drug-likeness (QED) is 0.0341. The van der Waals surface area contributed by atoms with Crippen molar-refractivity contribution < 1.29 is 83.7 Å². The maximum Gasteiger partial charge on any atom is 0.418 e. The number of carboxylic acid groups (broad SMARTS) is 1. The van der Waals surface area contributed by atoms with Gasteiger partial charge in [0.25, 0.3) is 20.2 Å².